The van der Waals surface area contributed by atoms with Gasteiger partial charge in [0.25, 0.3) is 0 Å². The van der Waals surface area contributed by atoms with Gasteiger partial charge in [-0.15, -0.1) is 0 Å². The van der Waals surface area contributed by atoms with Crippen LogP contribution in [0, 0.1) is 6.92 Å². The number of carbonyl (C=O) groups excluding carboxylic acids is 1. The third-order valence-electron chi connectivity index (χ3n) is 3.15. The average Bonchev–Trinajstić information content (AvgIpc) is 2.46. The minimum atomic E-state index is -0.257. The van der Waals surface area contributed by atoms with Crippen molar-refractivity contribution in [2.24, 2.45) is 0 Å². The van der Waals surface area contributed by atoms with Gasteiger partial charge in [0.2, 0.25) is 0 Å². The van der Waals surface area contributed by atoms with Gasteiger partial charge in [0, 0.05) is 22.3 Å². The van der Waals surface area contributed by atoms with E-state index in [1.165, 1.54) is 0 Å². The maximum atomic E-state index is 11.9. The van der Waals surface area contributed by atoms with Crippen molar-refractivity contribution in [3.63, 3.8) is 0 Å². The number of hydrogen-bond donors (Lipinski definition) is 2. The van der Waals surface area contributed by atoms with E-state index in [-0.39, 0.29) is 6.03 Å². The predicted molar refractivity (Wildman–Crippen MR) is 88.4 cm³/mol. The van der Waals surface area contributed by atoms with Crippen LogP contribution < -0.4 is 10.6 Å². The molecule has 0 aromatic heterocycles. The van der Waals surface area contributed by atoms with Crippen molar-refractivity contribution < 1.29 is 4.79 Å². The van der Waals surface area contributed by atoms with Crippen LogP contribution in [0.4, 0.5) is 10.5 Å². The van der Waals surface area contributed by atoms with E-state index in [9.17, 15) is 4.79 Å². The highest BCUT2D eigenvalue weighted by molar-refractivity contribution is 6.32. The number of anilines is 1. The van der Waals surface area contributed by atoms with Crippen LogP contribution in [0.2, 0.25) is 10.0 Å². The molecule has 2 aromatic carbocycles. The van der Waals surface area contributed by atoms with Crippen molar-refractivity contribution in [2.45, 2.75) is 13.3 Å². The van der Waals surface area contributed by atoms with Gasteiger partial charge >= 0.3 is 6.03 Å². The van der Waals surface area contributed by atoms with Crippen LogP contribution in [0.1, 0.15) is 11.1 Å². The summed E-state index contributed by atoms with van der Waals surface area (Å²) in [6.07, 6.45) is 0.682. The zero-order valence-electron chi connectivity index (χ0n) is 11.6. The number of hydrogen-bond acceptors (Lipinski definition) is 1. The maximum absolute atomic E-state index is 11.9. The molecule has 2 amide bonds. The zero-order valence-corrected chi connectivity index (χ0v) is 13.1. The van der Waals surface area contributed by atoms with E-state index in [1.807, 2.05) is 37.3 Å². The van der Waals surface area contributed by atoms with Gasteiger partial charge in [-0.05, 0) is 42.7 Å². The Hall–Kier alpha value is -1.71. The second-order valence-corrected chi connectivity index (χ2v) is 5.45. The topological polar surface area (TPSA) is 41.1 Å². The fourth-order valence-electron chi connectivity index (χ4n) is 1.92. The standard InChI is InChI=1S/C16H16Cl2N2O/c1-11-13(17)7-4-8-15(11)20-16(21)19-10-9-12-5-2-3-6-14(12)18/h2-8H,9-10H2,1H3,(H2,19,20,21). The normalized spacial score (nSPS) is 10.2. The van der Waals surface area contributed by atoms with Crippen LogP contribution in [0.3, 0.4) is 0 Å². The van der Waals surface area contributed by atoms with Crippen molar-refractivity contribution in [2.75, 3.05) is 11.9 Å². The molecule has 0 saturated heterocycles. The Bertz CT molecular complexity index is 644. The molecule has 0 bridgehead atoms. The highest BCUT2D eigenvalue weighted by atomic mass is 35.5. The zero-order chi connectivity index (χ0) is 15.2. The molecular formula is C16H16Cl2N2O. The van der Waals surface area contributed by atoms with E-state index in [2.05, 4.69) is 10.6 Å². The highest BCUT2D eigenvalue weighted by Crippen LogP contribution is 2.22. The molecule has 0 heterocycles. The summed E-state index contributed by atoms with van der Waals surface area (Å²) < 4.78 is 0. The second kappa shape index (κ2) is 7.34. The smallest absolute Gasteiger partial charge is 0.319 e. The summed E-state index contributed by atoms with van der Waals surface area (Å²) in [6, 6.07) is 12.7. The third-order valence-corrected chi connectivity index (χ3v) is 3.93. The molecule has 21 heavy (non-hydrogen) atoms. The van der Waals surface area contributed by atoms with Gasteiger partial charge in [0.05, 0.1) is 0 Å². The summed E-state index contributed by atoms with van der Waals surface area (Å²) in [5.74, 6) is 0. The fourth-order valence-corrected chi connectivity index (χ4v) is 2.33. The minimum absolute atomic E-state index is 0.257. The van der Waals surface area contributed by atoms with Gasteiger partial charge in [-0.25, -0.2) is 4.79 Å². The van der Waals surface area contributed by atoms with Crippen LogP contribution in [-0.4, -0.2) is 12.6 Å². The number of urea groups is 1. The van der Waals surface area contributed by atoms with Crippen molar-refractivity contribution in [1.82, 2.24) is 5.32 Å². The molecule has 0 aliphatic carbocycles. The van der Waals surface area contributed by atoms with E-state index >= 15 is 0 Å². The molecule has 0 fully saturated rings. The molecule has 0 aliphatic rings. The highest BCUT2D eigenvalue weighted by Gasteiger charge is 2.06. The van der Waals surface area contributed by atoms with E-state index in [0.717, 1.165) is 11.1 Å². The Morgan fingerprint density at radius 3 is 2.52 bits per heavy atom. The molecule has 2 aromatic rings. The van der Waals surface area contributed by atoms with Crippen molar-refractivity contribution in [3.05, 3.63) is 63.6 Å². The molecule has 5 heteroatoms. The first-order valence-electron chi connectivity index (χ1n) is 6.61. The first kappa shape index (κ1) is 15.7. The number of carbonyl (C=O) groups is 1. The van der Waals surface area contributed by atoms with Gasteiger partial charge in [-0.3, -0.25) is 0 Å². The van der Waals surface area contributed by atoms with Crippen LogP contribution in [0.5, 0.6) is 0 Å². The fraction of sp³-hybridized carbons (Fsp3) is 0.188. The lowest BCUT2D eigenvalue weighted by Gasteiger charge is -2.11. The van der Waals surface area contributed by atoms with E-state index < -0.39 is 0 Å². The molecule has 0 aliphatic heterocycles. The number of rotatable bonds is 4. The Labute approximate surface area is 134 Å². The van der Waals surface area contributed by atoms with Crippen LogP contribution in [0.15, 0.2) is 42.5 Å². The molecule has 3 nitrogen and oxygen atoms in total. The lowest BCUT2D eigenvalue weighted by molar-refractivity contribution is 0.252. The SMILES string of the molecule is Cc1c(Cl)cccc1NC(=O)NCCc1ccccc1Cl. The second-order valence-electron chi connectivity index (χ2n) is 4.63. The maximum Gasteiger partial charge on any atom is 0.319 e. The summed E-state index contributed by atoms with van der Waals surface area (Å²) in [7, 11) is 0. The summed E-state index contributed by atoms with van der Waals surface area (Å²) in [4.78, 5) is 11.9. The summed E-state index contributed by atoms with van der Waals surface area (Å²) >= 11 is 12.1. The van der Waals surface area contributed by atoms with E-state index in [1.54, 1.807) is 12.1 Å². The lowest BCUT2D eigenvalue weighted by atomic mass is 10.1. The van der Waals surface area contributed by atoms with Gasteiger partial charge in [0.1, 0.15) is 0 Å². The molecule has 0 radical (unpaired) electrons. The van der Waals surface area contributed by atoms with Gasteiger partial charge in [-0.2, -0.15) is 0 Å². The largest absolute Gasteiger partial charge is 0.338 e. The van der Waals surface area contributed by atoms with Crippen LogP contribution in [0.25, 0.3) is 0 Å². The number of halogens is 2. The summed E-state index contributed by atoms with van der Waals surface area (Å²) in [5, 5.41) is 6.93. The molecule has 0 saturated carbocycles. The van der Waals surface area contributed by atoms with E-state index in [4.69, 9.17) is 23.2 Å². The van der Waals surface area contributed by atoms with E-state index in [0.29, 0.717) is 28.7 Å². The van der Waals surface area contributed by atoms with Gasteiger partial charge in [0.15, 0.2) is 0 Å². The van der Waals surface area contributed by atoms with Crippen molar-refractivity contribution in [1.29, 1.82) is 0 Å². The molecule has 0 atom stereocenters. The van der Waals surface area contributed by atoms with Crippen molar-refractivity contribution in [3.8, 4) is 0 Å². The molecular weight excluding hydrogens is 307 g/mol. The molecule has 2 N–H and O–H groups in total. The lowest BCUT2D eigenvalue weighted by Crippen LogP contribution is -2.30. The molecule has 0 spiro atoms. The first-order chi connectivity index (χ1) is 10.1. The van der Waals surface area contributed by atoms with Crippen LogP contribution >= 0.6 is 23.2 Å². The molecule has 110 valence electrons. The van der Waals surface area contributed by atoms with Gasteiger partial charge < -0.3 is 10.6 Å². The number of nitrogens with one attached hydrogen (secondary N) is 2. The Balaban J connectivity index is 1.85. The Kier molecular flexibility index (Phi) is 5.48. The Morgan fingerprint density at radius 2 is 1.76 bits per heavy atom. The van der Waals surface area contributed by atoms with Gasteiger partial charge in [-0.1, -0.05) is 47.5 Å². The molecule has 2 rings (SSSR count). The summed E-state index contributed by atoms with van der Waals surface area (Å²) in [5.41, 5.74) is 2.57. The first-order valence-corrected chi connectivity index (χ1v) is 7.37. The molecule has 0 unspecified atom stereocenters. The third kappa shape index (κ3) is 4.38. The predicted octanol–water partition coefficient (Wildman–Crippen LogP) is 4.67. The number of benzene rings is 2. The number of amides is 2. The Morgan fingerprint density at radius 1 is 1.05 bits per heavy atom. The van der Waals surface area contributed by atoms with Crippen molar-refractivity contribution >= 4 is 34.9 Å². The van der Waals surface area contributed by atoms with Crippen LogP contribution in [-0.2, 0) is 6.42 Å². The quantitative estimate of drug-likeness (QED) is 0.844. The average molecular weight is 323 g/mol. The monoisotopic (exact) mass is 322 g/mol. The summed E-state index contributed by atoms with van der Waals surface area (Å²) in [6.45, 7) is 2.37. The minimum Gasteiger partial charge on any atom is -0.338 e.